The number of halogens is 1. The summed E-state index contributed by atoms with van der Waals surface area (Å²) in [6, 6.07) is 13.8. The second-order valence-electron chi connectivity index (χ2n) is 5.98. The first-order valence-electron chi connectivity index (χ1n) is 7.92. The van der Waals surface area contributed by atoms with Crippen molar-refractivity contribution in [3.05, 3.63) is 59.1 Å². The van der Waals surface area contributed by atoms with Crippen molar-refractivity contribution in [1.29, 1.82) is 0 Å². The molecule has 0 spiro atoms. The number of Topliss-reactive ketones (excluding diaryl/α,β-unsaturated/α-hetero) is 1. The van der Waals surface area contributed by atoms with Crippen molar-refractivity contribution in [2.75, 3.05) is 16.8 Å². The van der Waals surface area contributed by atoms with Gasteiger partial charge in [-0.15, -0.1) is 0 Å². The lowest BCUT2D eigenvalue weighted by Crippen LogP contribution is -2.28. The number of benzene rings is 2. The molecule has 2 aromatic carbocycles. The topological polar surface area (TPSA) is 66.5 Å². The Bertz CT molecular complexity index is 850. The third-order valence-corrected chi connectivity index (χ3v) is 4.50. The molecule has 1 aliphatic rings. The zero-order chi connectivity index (χ0) is 18.0. The highest BCUT2D eigenvalue weighted by Crippen LogP contribution is 2.31. The van der Waals surface area contributed by atoms with Crippen LogP contribution in [0.5, 0.6) is 0 Å². The molecule has 3 rings (SSSR count). The molecule has 1 N–H and O–H groups in total. The third-order valence-electron chi connectivity index (χ3n) is 4.18. The summed E-state index contributed by atoms with van der Waals surface area (Å²) in [5.41, 5.74) is 1.68. The van der Waals surface area contributed by atoms with Crippen LogP contribution in [0.2, 0.25) is 5.02 Å². The standard InChI is InChI=1S/C19H17ClN2O3/c1-12(23)13-5-4-6-15(9-13)21-19(25)14-10-18(24)22(11-14)17-8-3-2-7-16(17)20/h2-9,14H,10-11H2,1H3,(H,21,25)/t14-/m0/s1. The van der Waals surface area contributed by atoms with Crippen molar-refractivity contribution < 1.29 is 14.4 Å². The van der Waals surface area contributed by atoms with Crippen LogP contribution in [0.1, 0.15) is 23.7 Å². The largest absolute Gasteiger partial charge is 0.326 e. The molecule has 6 heteroatoms. The van der Waals surface area contributed by atoms with Crippen LogP contribution in [0.15, 0.2) is 48.5 Å². The van der Waals surface area contributed by atoms with Gasteiger partial charge in [0.2, 0.25) is 11.8 Å². The van der Waals surface area contributed by atoms with Crippen LogP contribution in [0, 0.1) is 5.92 Å². The number of nitrogens with zero attached hydrogens (tertiary/aromatic N) is 1. The number of carbonyl (C=O) groups excluding carboxylic acids is 3. The molecule has 0 aliphatic carbocycles. The number of nitrogens with one attached hydrogen (secondary N) is 1. The molecule has 2 amide bonds. The van der Waals surface area contributed by atoms with Crippen LogP contribution >= 0.6 is 11.6 Å². The Morgan fingerprint density at radius 1 is 1.16 bits per heavy atom. The molecule has 1 heterocycles. The zero-order valence-corrected chi connectivity index (χ0v) is 14.4. The molecular weight excluding hydrogens is 340 g/mol. The van der Waals surface area contributed by atoms with E-state index in [1.54, 1.807) is 53.4 Å². The number of anilines is 2. The monoisotopic (exact) mass is 356 g/mol. The fourth-order valence-electron chi connectivity index (χ4n) is 2.85. The van der Waals surface area contributed by atoms with E-state index in [0.717, 1.165) is 0 Å². The SMILES string of the molecule is CC(=O)c1cccc(NC(=O)[C@H]2CC(=O)N(c3ccccc3Cl)C2)c1. The van der Waals surface area contributed by atoms with E-state index in [0.29, 0.717) is 22.0 Å². The lowest BCUT2D eigenvalue weighted by molar-refractivity contribution is -0.122. The highest BCUT2D eigenvalue weighted by atomic mass is 35.5. The van der Waals surface area contributed by atoms with Crippen molar-refractivity contribution in [3.63, 3.8) is 0 Å². The molecule has 2 aromatic rings. The molecule has 0 radical (unpaired) electrons. The summed E-state index contributed by atoms with van der Waals surface area (Å²) in [6.45, 7) is 1.75. The summed E-state index contributed by atoms with van der Waals surface area (Å²) >= 11 is 6.15. The highest BCUT2D eigenvalue weighted by molar-refractivity contribution is 6.33. The average Bonchev–Trinajstić information content (AvgIpc) is 2.97. The van der Waals surface area contributed by atoms with E-state index < -0.39 is 5.92 Å². The fraction of sp³-hybridized carbons (Fsp3) is 0.211. The maximum atomic E-state index is 12.5. The molecule has 0 aromatic heterocycles. The summed E-state index contributed by atoms with van der Waals surface area (Å²) in [5.74, 6) is -0.920. The Kier molecular flexibility index (Phi) is 4.86. The summed E-state index contributed by atoms with van der Waals surface area (Å²) in [7, 11) is 0. The Balaban J connectivity index is 1.72. The van der Waals surface area contributed by atoms with Crippen molar-refractivity contribution in [3.8, 4) is 0 Å². The highest BCUT2D eigenvalue weighted by Gasteiger charge is 2.35. The van der Waals surface area contributed by atoms with Crippen LogP contribution in [-0.4, -0.2) is 24.1 Å². The number of amides is 2. The van der Waals surface area contributed by atoms with Gasteiger partial charge in [-0.3, -0.25) is 14.4 Å². The summed E-state index contributed by atoms with van der Waals surface area (Å²) in [4.78, 5) is 37.8. The van der Waals surface area contributed by atoms with Gasteiger partial charge in [-0.2, -0.15) is 0 Å². The van der Waals surface area contributed by atoms with E-state index in [1.807, 2.05) is 0 Å². The lowest BCUT2D eigenvalue weighted by atomic mass is 10.1. The van der Waals surface area contributed by atoms with E-state index in [9.17, 15) is 14.4 Å². The molecule has 1 aliphatic heterocycles. The van der Waals surface area contributed by atoms with Crippen molar-refractivity contribution in [2.45, 2.75) is 13.3 Å². The quantitative estimate of drug-likeness (QED) is 0.852. The van der Waals surface area contributed by atoms with E-state index in [-0.39, 0.29) is 30.6 Å². The first-order chi connectivity index (χ1) is 12.0. The molecule has 1 fully saturated rings. The van der Waals surface area contributed by atoms with E-state index in [4.69, 9.17) is 11.6 Å². The third kappa shape index (κ3) is 3.72. The predicted molar refractivity (Wildman–Crippen MR) is 97.0 cm³/mol. The van der Waals surface area contributed by atoms with Gasteiger partial charge in [-0.25, -0.2) is 0 Å². The van der Waals surface area contributed by atoms with Crippen molar-refractivity contribution in [1.82, 2.24) is 0 Å². The molecule has 0 bridgehead atoms. The van der Waals surface area contributed by atoms with Gasteiger partial charge < -0.3 is 10.2 Å². The second kappa shape index (κ2) is 7.07. The number of carbonyl (C=O) groups is 3. The van der Waals surface area contributed by atoms with Crippen LogP contribution in [0.25, 0.3) is 0 Å². The number of ketones is 1. The average molecular weight is 357 g/mol. The van der Waals surface area contributed by atoms with Crippen LogP contribution < -0.4 is 10.2 Å². The maximum Gasteiger partial charge on any atom is 0.229 e. The number of para-hydroxylation sites is 1. The number of rotatable bonds is 4. The van der Waals surface area contributed by atoms with Crippen molar-refractivity contribution >= 4 is 40.6 Å². The molecule has 1 saturated heterocycles. The predicted octanol–water partition coefficient (Wildman–Crippen LogP) is 3.53. The lowest BCUT2D eigenvalue weighted by Gasteiger charge is -2.18. The molecule has 25 heavy (non-hydrogen) atoms. The van der Waals surface area contributed by atoms with Gasteiger partial charge in [0, 0.05) is 24.2 Å². The summed E-state index contributed by atoms with van der Waals surface area (Å²) in [5, 5.41) is 3.26. The minimum Gasteiger partial charge on any atom is -0.326 e. The van der Waals surface area contributed by atoms with Gasteiger partial charge in [-0.1, -0.05) is 35.9 Å². The van der Waals surface area contributed by atoms with Gasteiger partial charge in [0.15, 0.2) is 5.78 Å². The molecule has 0 saturated carbocycles. The normalized spacial score (nSPS) is 16.8. The van der Waals surface area contributed by atoms with E-state index in [2.05, 4.69) is 5.32 Å². The van der Waals surface area contributed by atoms with Gasteiger partial charge in [0.05, 0.1) is 16.6 Å². The summed E-state index contributed by atoms with van der Waals surface area (Å²) < 4.78 is 0. The molecular formula is C19H17ClN2O3. The second-order valence-corrected chi connectivity index (χ2v) is 6.39. The van der Waals surface area contributed by atoms with E-state index in [1.165, 1.54) is 6.92 Å². The first kappa shape index (κ1) is 17.2. The van der Waals surface area contributed by atoms with Crippen molar-refractivity contribution in [2.24, 2.45) is 5.92 Å². The summed E-state index contributed by atoms with van der Waals surface area (Å²) in [6.07, 6.45) is 0.128. The van der Waals surface area contributed by atoms with Gasteiger partial charge >= 0.3 is 0 Å². The Labute approximate surface area is 150 Å². The van der Waals surface area contributed by atoms with Crippen LogP contribution in [0.3, 0.4) is 0 Å². The van der Waals surface area contributed by atoms with Gasteiger partial charge in [-0.05, 0) is 31.2 Å². The fourth-order valence-corrected chi connectivity index (χ4v) is 3.08. The van der Waals surface area contributed by atoms with E-state index >= 15 is 0 Å². The van der Waals surface area contributed by atoms with Crippen LogP contribution in [-0.2, 0) is 9.59 Å². The van der Waals surface area contributed by atoms with Crippen LogP contribution in [0.4, 0.5) is 11.4 Å². The Morgan fingerprint density at radius 2 is 1.92 bits per heavy atom. The Hall–Kier alpha value is -2.66. The number of hydrogen-bond donors (Lipinski definition) is 1. The molecule has 128 valence electrons. The van der Waals surface area contributed by atoms with Gasteiger partial charge in [0.25, 0.3) is 0 Å². The Morgan fingerprint density at radius 3 is 2.64 bits per heavy atom. The number of hydrogen-bond acceptors (Lipinski definition) is 3. The smallest absolute Gasteiger partial charge is 0.229 e. The molecule has 1 atom stereocenters. The minimum absolute atomic E-state index is 0.0722. The minimum atomic E-state index is -0.468. The first-order valence-corrected chi connectivity index (χ1v) is 8.30. The zero-order valence-electron chi connectivity index (χ0n) is 13.7. The van der Waals surface area contributed by atoms with Gasteiger partial charge in [0.1, 0.15) is 0 Å². The molecule has 5 nitrogen and oxygen atoms in total. The maximum absolute atomic E-state index is 12.5. The molecule has 0 unspecified atom stereocenters.